The molecule has 0 spiro atoms. The second-order valence-corrected chi connectivity index (χ2v) is 6.95. The molecule has 0 bridgehead atoms. The molecule has 2 aromatic rings. The summed E-state index contributed by atoms with van der Waals surface area (Å²) in [5.41, 5.74) is 22.5. The Morgan fingerprint density at radius 2 is 1.60 bits per heavy atom. The molecule has 6 N–H and O–H groups in total. The lowest BCUT2D eigenvalue weighted by Crippen LogP contribution is -2.06. The third-order valence-electron chi connectivity index (χ3n) is 4.83. The molecule has 0 unspecified atom stereocenters. The van der Waals surface area contributed by atoms with Gasteiger partial charge in [-0.3, -0.25) is 0 Å². The van der Waals surface area contributed by atoms with Crippen LogP contribution in [-0.4, -0.2) is 18.1 Å². The number of nitrogens with two attached hydrogens (primary N) is 3. The van der Waals surface area contributed by atoms with Gasteiger partial charge < -0.3 is 17.2 Å². The highest BCUT2D eigenvalue weighted by molar-refractivity contribution is 5.85. The van der Waals surface area contributed by atoms with Crippen LogP contribution in [0.2, 0.25) is 0 Å². The van der Waals surface area contributed by atoms with Gasteiger partial charge in [0, 0.05) is 5.39 Å². The van der Waals surface area contributed by atoms with E-state index in [1.165, 1.54) is 47.8 Å². The Labute approximate surface area is 152 Å². The van der Waals surface area contributed by atoms with E-state index >= 15 is 0 Å². The molecule has 0 atom stereocenters. The number of anilines is 1. The molecule has 0 aliphatic rings. The zero-order valence-corrected chi connectivity index (χ0v) is 15.7. The maximum atomic E-state index is 6.23. The van der Waals surface area contributed by atoms with E-state index in [4.69, 9.17) is 22.2 Å². The van der Waals surface area contributed by atoms with Gasteiger partial charge in [-0.15, -0.1) is 0 Å². The predicted octanol–water partition coefficient (Wildman–Crippen LogP) is 3.72. The number of pyridine rings is 1. The summed E-state index contributed by atoms with van der Waals surface area (Å²) in [6.45, 7) is 3.65. The first kappa shape index (κ1) is 19.7. The number of fused-ring (bicyclic) bond motifs is 1. The first-order valence-corrected chi connectivity index (χ1v) is 9.80. The summed E-state index contributed by atoms with van der Waals surface area (Å²) in [4.78, 5) is 4.72. The van der Waals surface area contributed by atoms with Crippen molar-refractivity contribution in [3.8, 4) is 0 Å². The van der Waals surface area contributed by atoms with Crippen LogP contribution in [-0.2, 0) is 19.3 Å². The molecule has 138 valence electrons. The van der Waals surface area contributed by atoms with Crippen molar-refractivity contribution in [2.24, 2.45) is 11.5 Å². The zero-order valence-electron chi connectivity index (χ0n) is 15.7. The Hall–Kier alpha value is -1.65. The molecule has 1 heterocycles. The van der Waals surface area contributed by atoms with Crippen LogP contribution in [0, 0.1) is 0 Å². The monoisotopic (exact) mass is 342 g/mol. The van der Waals surface area contributed by atoms with Crippen LogP contribution in [0.1, 0.15) is 62.1 Å². The maximum absolute atomic E-state index is 6.23. The molecule has 25 heavy (non-hydrogen) atoms. The minimum absolute atomic E-state index is 0.654. The number of hydrogen-bond acceptors (Lipinski definition) is 4. The molecule has 1 aromatic carbocycles. The Bertz CT molecular complexity index is 666. The number of nitrogen functional groups attached to an aromatic ring is 1. The van der Waals surface area contributed by atoms with Crippen LogP contribution >= 0.6 is 0 Å². The maximum Gasteiger partial charge on any atom is 0.127 e. The van der Waals surface area contributed by atoms with Gasteiger partial charge in [-0.1, -0.05) is 32.3 Å². The smallest absolute Gasteiger partial charge is 0.127 e. The number of benzene rings is 1. The van der Waals surface area contributed by atoms with Crippen LogP contribution in [0.4, 0.5) is 5.82 Å². The van der Waals surface area contributed by atoms with E-state index in [-0.39, 0.29) is 0 Å². The van der Waals surface area contributed by atoms with Gasteiger partial charge >= 0.3 is 0 Å². The first-order chi connectivity index (χ1) is 12.2. The second kappa shape index (κ2) is 10.4. The van der Waals surface area contributed by atoms with E-state index in [1.807, 2.05) is 0 Å². The van der Waals surface area contributed by atoms with Crippen molar-refractivity contribution >= 4 is 16.7 Å². The Morgan fingerprint density at radius 3 is 2.32 bits per heavy atom. The third kappa shape index (κ3) is 5.68. The van der Waals surface area contributed by atoms with Crippen molar-refractivity contribution in [1.82, 2.24) is 4.98 Å². The highest BCUT2D eigenvalue weighted by Crippen LogP contribution is 2.26. The summed E-state index contributed by atoms with van der Waals surface area (Å²) >= 11 is 0. The van der Waals surface area contributed by atoms with Crippen LogP contribution < -0.4 is 17.2 Å². The number of aromatic nitrogens is 1. The van der Waals surface area contributed by atoms with Gasteiger partial charge in [-0.2, -0.15) is 0 Å². The minimum atomic E-state index is 0.654. The van der Waals surface area contributed by atoms with E-state index < -0.39 is 0 Å². The molecule has 4 nitrogen and oxygen atoms in total. The van der Waals surface area contributed by atoms with Gasteiger partial charge in [-0.05, 0) is 80.4 Å². The van der Waals surface area contributed by atoms with E-state index in [9.17, 15) is 0 Å². The number of hydrogen-bond donors (Lipinski definition) is 3. The Balaban J connectivity index is 2.28. The average Bonchev–Trinajstić information content (AvgIpc) is 2.60. The lowest BCUT2D eigenvalue weighted by atomic mass is 9.96. The lowest BCUT2D eigenvalue weighted by Gasteiger charge is -2.13. The quantitative estimate of drug-likeness (QED) is 0.543. The second-order valence-electron chi connectivity index (χ2n) is 6.95. The topological polar surface area (TPSA) is 91.0 Å². The Morgan fingerprint density at radius 1 is 0.800 bits per heavy atom. The van der Waals surface area contributed by atoms with Gasteiger partial charge in [-0.25, -0.2) is 4.98 Å². The van der Waals surface area contributed by atoms with Crippen molar-refractivity contribution in [2.75, 3.05) is 18.8 Å². The van der Waals surface area contributed by atoms with Crippen LogP contribution in [0.5, 0.6) is 0 Å². The van der Waals surface area contributed by atoms with Crippen molar-refractivity contribution in [3.63, 3.8) is 0 Å². The zero-order chi connectivity index (χ0) is 18.1. The molecule has 4 heteroatoms. The molecule has 0 aliphatic carbocycles. The number of rotatable bonds is 11. The Kier molecular flexibility index (Phi) is 8.16. The molecule has 0 saturated carbocycles. The van der Waals surface area contributed by atoms with Crippen molar-refractivity contribution in [2.45, 2.75) is 64.7 Å². The molecule has 1 aromatic heterocycles. The number of nitrogens with zero attached hydrogens (tertiary/aromatic N) is 1. The van der Waals surface area contributed by atoms with Gasteiger partial charge in [0.2, 0.25) is 0 Å². The highest BCUT2D eigenvalue weighted by Gasteiger charge is 2.10. The summed E-state index contributed by atoms with van der Waals surface area (Å²) in [6.07, 6.45) is 9.99. The van der Waals surface area contributed by atoms with Gasteiger partial charge in [0.25, 0.3) is 0 Å². The van der Waals surface area contributed by atoms with Crippen molar-refractivity contribution < 1.29 is 0 Å². The largest absolute Gasteiger partial charge is 0.383 e. The van der Waals surface area contributed by atoms with E-state index in [2.05, 4.69) is 25.1 Å². The van der Waals surface area contributed by atoms with Gasteiger partial charge in [0.15, 0.2) is 0 Å². The van der Waals surface area contributed by atoms with Crippen LogP contribution in [0.25, 0.3) is 10.9 Å². The fourth-order valence-corrected chi connectivity index (χ4v) is 3.39. The standard InChI is InChI=1S/C21H34N4/c1-2-3-5-9-18-15-19-17(10-12-23)13-16(8-6-4-7-11-22)14-20(19)25-21(18)24/h13-15H,2-12,22-23H2,1H3,(H2,24,25). The number of aryl methyl sites for hydroxylation is 2. The van der Waals surface area contributed by atoms with Crippen molar-refractivity contribution in [1.29, 1.82) is 0 Å². The minimum Gasteiger partial charge on any atom is -0.383 e. The third-order valence-corrected chi connectivity index (χ3v) is 4.83. The van der Waals surface area contributed by atoms with Crippen molar-refractivity contribution in [3.05, 3.63) is 34.9 Å². The highest BCUT2D eigenvalue weighted by atomic mass is 14.8. The molecular weight excluding hydrogens is 308 g/mol. The summed E-state index contributed by atoms with van der Waals surface area (Å²) < 4.78 is 0. The van der Waals surface area contributed by atoms with Gasteiger partial charge in [0.05, 0.1) is 5.52 Å². The molecule has 2 rings (SSSR count). The molecular formula is C21H34N4. The first-order valence-electron chi connectivity index (χ1n) is 9.80. The SMILES string of the molecule is CCCCCc1cc2c(CCN)cc(CCCCCN)cc2nc1N. The average molecular weight is 343 g/mol. The van der Waals surface area contributed by atoms with E-state index in [0.717, 1.165) is 44.2 Å². The molecule has 0 aliphatic heterocycles. The van der Waals surface area contributed by atoms with E-state index in [0.29, 0.717) is 12.4 Å². The molecule has 0 fully saturated rings. The summed E-state index contributed by atoms with van der Waals surface area (Å²) in [5.74, 6) is 0.683. The lowest BCUT2D eigenvalue weighted by molar-refractivity contribution is 0.686. The molecule has 0 saturated heterocycles. The summed E-state index contributed by atoms with van der Waals surface area (Å²) in [6, 6.07) is 6.76. The van der Waals surface area contributed by atoms with Crippen LogP contribution in [0.15, 0.2) is 18.2 Å². The summed E-state index contributed by atoms with van der Waals surface area (Å²) in [5, 5.41) is 1.22. The van der Waals surface area contributed by atoms with Crippen LogP contribution in [0.3, 0.4) is 0 Å². The van der Waals surface area contributed by atoms with E-state index in [1.54, 1.807) is 0 Å². The normalized spacial score (nSPS) is 11.3. The molecule has 0 radical (unpaired) electrons. The fourth-order valence-electron chi connectivity index (χ4n) is 3.39. The molecule has 0 amide bonds. The summed E-state index contributed by atoms with van der Waals surface area (Å²) in [7, 11) is 0. The predicted molar refractivity (Wildman–Crippen MR) is 109 cm³/mol. The fraction of sp³-hybridized carbons (Fsp3) is 0.571. The number of unbranched alkanes of at least 4 members (excludes halogenated alkanes) is 4. The van der Waals surface area contributed by atoms with Gasteiger partial charge in [0.1, 0.15) is 5.82 Å².